The summed E-state index contributed by atoms with van der Waals surface area (Å²) < 4.78 is 32.7. The summed E-state index contributed by atoms with van der Waals surface area (Å²) in [7, 11) is -1.60. The number of piperazine rings is 1. The minimum atomic E-state index is -3.75. The number of piperidine rings is 1. The van der Waals surface area contributed by atoms with Gasteiger partial charge in [0.1, 0.15) is 10.6 Å². The molecular formula is C24H35N5O4S. The van der Waals surface area contributed by atoms with Crippen molar-refractivity contribution < 1.29 is 17.7 Å². The molecule has 2 fully saturated rings. The second-order valence-corrected chi connectivity index (χ2v) is 11.3. The Morgan fingerprint density at radius 3 is 2.59 bits per heavy atom. The van der Waals surface area contributed by atoms with E-state index in [2.05, 4.69) is 39.5 Å². The minimum absolute atomic E-state index is 0.108. The van der Waals surface area contributed by atoms with Crippen LogP contribution in [0, 0.1) is 19.8 Å². The Kier molecular flexibility index (Phi) is 7.71. The highest BCUT2D eigenvalue weighted by Crippen LogP contribution is 2.27. The third kappa shape index (κ3) is 5.68. The van der Waals surface area contributed by atoms with E-state index >= 15 is 0 Å². The van der Waals surface area contributed by atoms with Gasteiger partial charge in [0.25, 0.3) is 0 Å². The molecule has 1 unspecified atom stereocenters. The maximum absolute atomic E-state index is 13.1. The van der Waals surface area contributed by atoms with Crippen LogP contribution in [-0.4, -0.2) is 79.9 Å². The van der Waals surface area contributed by atoms with Crippen LogP contribution in [0.3, 0.4) is 0 Å². The van der Waals surface area contributed by atoms with E-state index in [1.54, 1.807) is 13.8 Å². The Labute approximate surface area is 202 Å². The van der Waals surface area contributed by atoms with Crippen LogP contribution in [0.25, 0.3) is 0 Å². The maximum atomic E-state index is 13.1. The van der Waals surface area contributed by atoms with Crippen molar-refractivity contribution in [2.75, 3.05) is 46.3 Å². The van der Waals surface area contributed by atoms with E-state index in [1.165, 1.54) is 9.87 Å². The van der Waals surface area contributed by atoms with Gasteiger partial charge in [-0.15, -0.1) is 0 Å². The molecule has 0 aliphatic carbocycles. The van der Waals surface area contributed by atoms with Gasteiger partial charge in [-0.3, -0.25) is 9.69 Å². The molecule has 1 amide bonds. The standard InChI is InChI=1S/C24H35N5O4S/c1-18-23(19(2)33-26-18)34(31,32)29-9-5-8-22(17-29)24(30)25-15-20-6-4-7-21(14-20)16-28-12-10-27(3)11-13-28/h4,6-7,14,22H,5,8-13,15-17H2,1-3H3,(H,25,30). The van der Waals surface area contributed by atoms with Gasteiger partial charge in [-0.25, -0.2) is 8.42 Å². The van der Waals surface area contributed by atoms with Crippen molar-refractivity contribution in [3.63, 3.8) is 0 Å². The van der Waals surface area contributed by atoms with Gasteiger partial charge < -0.3 is 14.7 Å². The minimum Gasteiger partial charge on any atom is -0.360 e. The topological polar surface area (TPSA) is 99.0 Å². The summed E-state index contributed by atoms with van der Waals surface area (Å²) in [5.41, 5.74) is 2.64. The number of nitrogens with one attached hydrogen (secondary N) is 1. The molecule has 1 atom stereocenters. The third-order valence-electron chi connectivity index (χ3n) is 6.78. The normalized spacial score (nSPS) is 21.0. The Morgan fingerprint density at radius 1 is 1.15 bits per heavy atom. The SMILES string of the molecule is Cc1noc(C)c1S(=O)(=O)N1CCCC(C(=O)NCc2cccc(CN3CCN(C)CC3)c2)C1. The molecule has 186 valence electrons. The number of nitrogens with zero attached hydrogens (tertiary/aromatic N) is 4. The summed E-state index contributed by atoms with van der Waals surface area (Å²) in [4.78, 5) is 17.8. The number of likely N-dealkylation sites (N-methyl/N-ethyl adjacent to an activating group) is 1. The second-order valence-electron chi connectivity index (χ2n) is 9.47. The molecule has 3 heterocycles. The lowest BCUT2D eigenvalue weighted by atomic mass is 9.98. The van der Waals surface area contributed by atoms with E-state index in [0.717, 1.165) is 38.3 Å². The van der Waals surface area contributed by atoms with Gasteiger partial charge in [0.2, 0.25) is 15.9 Å². The van der Waals surface area contributed by atoms with Crippen molar-refractivity contribution in [1.82, 2.24) is 24.6 Å². The number of sulfonamides is 1. The lowest BCUT2D eigenvalue weighted by molar-refractivity contribution is -0.126. The molecule has 1 aromatic carbocycles. The van der Waals surface area contributed by atoms with Crippen molar-refractivity contribution >= 4 is 15.9 Å². The number of aromatic nitrogens is 1. The van der Waals surface area contributed by atoms with Crippen LogP contribution >= 0.6 is 0 Å². The fourth-order valence-electron chi connectivity index (χ4n) is 4.78. The van der Waals surface area contributed by atoms with E-state index in [9.17, 15) is 13.2 Å². The Bertz CT molecular complexity index is 1090. The number of amides is 1. The Hall–Kier alpha value is -2.27. The van der Waals surface area contributed by atoms with Crippen LogP contribution < -0.4 is 5.32 Å². The Balaban J connectivity index is 1.33. The van der Waals surface area contributed by atoms with Gasteiger partial charge >= 0.3 is 0 Å². The Morgan fingerprint density at radius 2 is 1.88 bits per heavy atom. The lowest BCUT2D eigenvalue weighted by Crippen LogP contribution is -2.45. The van der Waals surface area contributed by atoms with Crippen molar-refractivity contribution in [3.8, 4) is 0 Å². The van der Waals surface area contributed by atoms with E-state index < -0.39 is 10.0 Å². The van der Waals surface area contributed by atoms with E-state index in [4.69, 9.17) is 4.52 Å². The van der Waals surface area contributed by atoms with Crippen molar-refractivity contribution in [3.05, 3.63) is 46.8 Å². The van der Waals surface area contributed by atoms with E-state index in [-0.39, 0.29) is 29.0 Å². The van der Waals surface area contributed by atoms with Gasteiger partial charge in [-0.05, 0) is 44.9 Å². The predicted octanol–water partition coefficient (Wildman–Crippen LogP) is 1.76. The molecule has 0 bridgehead atoms. The summed E-state index contributed by atoms with van der Waals surface area (Å²) in [5.74, 6) is -0.207. The molecule has 0 spiro atoms. The third-order valence-corrected chi connectivity index (χ3v) is 8.89. The van der Waals surface area contributed by atoms with E-state index in [0.29, 0.717) is 31.6 Å². The van der Waals surface area contributed by atoms with Crippen LogP contribution in [0.1, 0.15) is 35.4 Å². The van der Waals surface area contributed by atoms with Crippen LogP contribution in [-0.2, 0) is 27.9 Å². The largest absolute Gasteiger partial charge is 0.360 e. The molecule has 1 aromatic heterocycles. The van der Waals surface area contributed by atoms with Crippen LogP contribution in [0.5, 0.6) is 0 Å². The zero-order chi connectivity index (χ0) is 24.3. The number of carbonyl (C=O) groups excluding carboxylic acids is 1. The summed E-state index contributed by atoms with van der Waals surface area (Å²) in [6.07, 6.45) is 1.31. The summed E-state index contributed by atoms with van der Waals surface area (Å²) in [6, 6.07) is 8.32. The average molecular weight is 490 g/mol. The van der Waals surface area contributed by atoms with Crippen LogP contribution in [0.2, 0.25) is 0 Å². The zero-order valence-electron chi connectivity index (χ0n) is 20.3. The summed E-state index contributed by atoms with van der Waals surface area (Å²) in [6.45, 7) is 9.41. The molecule has 4 rings (SSSR count). The first-order chi connectivity index (χ1) is 16.2. The van der Waals surface area contributed by atoms with Gasteiger partial charge in [0, 0.05) is 52.4 Å². The van der Waals surface area contributed by atoms with Gasteiger partial charge in [0.05, 0.1) is 5.92 Å². The van der Waals surface area contributed by atoms with Crippen molar-refractivity contribution in [2.45, 2.75) is 44.7 Å². The molecule has 2 aromatic rings. The highest BCUT2D eigenvalue weighted by Gasteiger charge is 2.36. The quantitative estimate of drug-likeness (QED) is 0.633. The summed E-state index contributed by atoms with van der Waals surface area (Å²) in [5, 5.41) is 6.80. The average Bonchev–Trinajstić information content (AvgIpc) is 3.18. The number of carbonyl (C=O) groups is 1. The zero-order valence-corrected chi connectivity index (χ0v) is 21.1. The molecule has 9 nitrogen and oxygen atoms in total. The second kappa shape index (κ2) is 10.6. The number of rotatable bonds is 7. The van der Waals surface area contributed by atoms with Crippen LogP contribution in [0.15, 0.2) is 33.7 Å². The molecular weight excluding hydrogens is 454 g/mol. The number of hydrogen-bond donors (Lipinski definition) is 1. The van der Waals surface area contributed by atoms with Gasteiger partial charge in [-0.1, -0.05) is 29.4 Å². The fourth-order valence-corrected chi connectivity index (χ4v) is 6.60. The number of aryl methyl sites for hydroxylation is 2. The molecule has 2 aliphatic heterocycles. The molecule has 1 N–H and O–H groups in total. The summed E-state index contributed by atoms with van der Waals surface area (Å²) >= 11 is 0. The predicted molar refractivity (Wildman–Crippen MR) is 129 cm³/mol. The van der Waals surface area contributed by atoms with E-state index in [1.807, 2.05) is 12.1 Å². The molecule has 0 radical (unpaired) electrons. The lowest BCUT2D eigenvalue weighted by Gasteiger charge is -2.32. The van der Waals surface area contributed by atoms with Crippen LogP contribution in [0.4, 0.5) is 0 Å². The first-order valence-corrected chi connectivity index (χ1v) is 13.4. The number of hydrogen-bond acceptors (Lipinski definition) is 7. The maximum Gasteiger partial charge on any atom is 0.248 e. The molecule has 2 aliphatic rings. The number of benzene rings is 1. The van der Waals surface area contributed by atoms with Gasteiger partial charge in [0.15, 0.2) is 5.76 Å². The molecule has 34 heavy (non-hydrogen) atoms. The highest BCUT2D eigenvalue weighted by atomic mass is 32.2. The molecule has 0 saturated carbocycles. The monoisotopic (exact) mass is 489 g/mol. The first kappa shape index (κ1) is 24.8. The van der Waals surface area contributed by atoms with Gasteiger partial charge in [-0.2, -0.15) is 4.31 Å². The van der Waals surface area contributed by atoms with Crippen molar-refractivity contribution in [2.24, 2.45) is 5.92 Å². The molecule has 2 saturated heterocycles. The smallest absolute Gasteiger partial charge is 0.248 e. The van der Waals surface area contributed by atoms with Crippen molar-refractivity contribution in [1.29, 1.82) is 0 Å². The highest BCUT2D eigenvalue weighted by molar-refractivity contribution is 7.89. The first-order valence-electron chi connectivity index (χ1n) is 11.9. The fraction of sp³-hybridized carbons (Fsp3) is 0.583. The molecule has 10 heteroatoms.